The van der Waals surface area contributed by atoms with E-state index in [0.29, 0.717) is 30.3 Å². The summed E-state index contributed by atoms with van der Waals surface area (Å²) in [4.78, 5) is 17.1. The first-order valence-electron chi connectivity index (χ1n) is 9.10. The van der Waals surface area contributed by atoms with Crippen LogP contribution in [0.25, 0.3) is 0 Å². The summed E-state index contributed by atoms with van der Waals surface area (Å²) in [6.07, 6.45) is 0.179. The zero-order chi connectivity index (χ0) is 18.5. The number of piperazine rings is 1. The second-order valence-electron chi connectivity index (χ2n) is 6.57. The molecule has 0 aliphatic carbocycles. The molecular formula is C21H25ClN2O2. The molecular weight excluding hydrogens is 348 g/mol. The maximum atomic E-state index is 12.9. The molecule has 2 aromatic rings. The highest BCUT2D eigenvalue weighted by molar-refractivity contribution is 6.31. The van der Waals surface area contributed by atoms with Gasteiger partial charge in [0.25, 0.3) is 5.91 Å². The van der Waals surface area contributed by atoms with E-state index in [1.165, 1.54) is 5.69 Å². The summed E-state index contributed by atoms with van der Waals surface area (Å²) in [7, 11) is 0. The number of halogens is 1. The third-order valence-electron chi connectivity index (χ3n) is 4.77. The van der Waals surface area contributed by atoms with Crippen molar-refractivity contribution in [1.29, 1.82) is 0 Å². The molecule has 0 radical (unpaired) electrons. The number of ether oxygens (including phenoxy) is 1. The third-order valence-corrected chi connectivity index (χ3v) is 5.19. The molecule has 1 saturated heterocycles. The molecule has 3 rings (SSSR count). The zero-order valence-corrected chi connectivity index (χ0v) is 16.1. The van der Waals surface area contributed by atoms with E-state index in [4.69, 9.17) is 16.3 Å². The van der Waals surface area contributed by atoms with E-state index in [-0.39, 0.29) is 5.91 Å². The van der Waals surface area contributed by atoms with Crippen LogP contribution in [0.2, 0.25) is 5.02 Å². The molecule has 1 heterocycles. The Bertz CT molecular complexity index is 743. The molecule has 0 unspecified atom stereocenters. The van der Waals surface area contributed by atoms with Crippen LogP contribution in [0.4, 0.5) is 5.69 Å². The number of aryl methyl sites for hydroxylation is 1. The Morgan fingerprint density at radius 2 is 1.81 bits per heavy atom. The van der Waals surface area contributed by atoms with E-state index < -0.39 is 6.10 Å². The Kier molecular flexibility index (Phi) is 6.04. The Morgan fingerprint density at radius 1 is 1.12 bits per heavy atom. The number of carbonyl (C=O) groups excluding carboxylic acids is 1. The summed E-state index contributed by atoms with van der Waals surface area (Å²) >= 11 is 6.06. The minimum absolute atomic E-state index is 0.0628. The van der Waals surface area contributed by atoms with Crippen LogP contribution in [-0.4, -0.2) is 43.1 Å². The predicted molar refractivity (Wildman–Crippen MR) is 106 cm³/mol. The average Bonchev–Trinajstić information content (AvgIpc) is 2.69. The fourth-order valence-corrected chi connectivity index (χ4v) is 3.31. The van der Waals surface area contributed by atoms with Crippen LogP contribution in [0.3, 0.4) is 0 Å². The molecule has 1 aliphatic heterocycles. The van der Waals surface area contributed by atoms with Gasteiger partial charge in [0.2, 0.25) is 0 Å². The molecule has 0 bridgehead atoms. The number of benzene rings is 2. The van der Waals surface area contributed by atoms with E-state index in [1.54, 1.807) is 0 Å². The molecule has 1 amide bonds. The highest BCUT2D eigenvalue weighted by Gasteiger charge is 2.28. The number of hydrogen-bond acceptors (Lipinski definition) is 3. The quantitative estimate of drug-likeness (QED) is 0.790. The van der Waals surface area contributed by atoms with E-state index in [9.17, 15) is 4.79 Å². The van der Waals surface area contributed by atoms with Crippen molar-refractivity contribution in [2.24, 2.45) is 0 Å². The highest BCUT2D eigenvalue weighted by atomic mass is 35.5. The Morgan fingerprint density at radius 3 is 2.42 bits per heavy atom. The van der Waals surface area contributed by atoms with E-state index in [1.807, 2.05) is 55.1 Å². The molecule has 138 valence electrons. The van der Waals surface area contributed by atoms with Crippen LogP contribution in [0.15, 0.2) is 48.5 Å². The smallest absolute Gasteiger partial charge is 0.263 e. The van der Waals surface area contributed by atoms with Crippen LogP contribution >= 0.6 is 11.6 Å². The number of amides is 1. The van der Waals surface area contributed by atoms with Gasteiger partial charge in [-0.05, 0) is 49.2 Å². The van der Waals surface area contributed by atoms with Gasteiger partial charge in [-0.15, -0.1) is 0 Å². The lowest BCUT2D eigenvalue weighted by Gasteiger charge is -2.37. The van der Waals surface area contributed by atoms with Gasteiger partial charge in [-0.1, -0.05) is 36.7 Å². The molecule has 0 aromatic heterocycles. The Hall–Kier alpha value is -2.20. The second kappa shape index (κ2) is 8.45. The fourth-order valence-electron chi connectivity index (χ4n) is 3.19. The monoisotopic (exact) mass is 372 g/mol. The van der Waals surface area contributed by atoms with Gasteiger partial charge < -0.3 is 14.5 Å². The second-order valence-corrected chi connectivity index (χ2v) is 6.98. The van der Waals surface area contributed by atoms with Crippen molar-refractivity contribution in [2.75, 3.05) is 31.1 Å². The van der Waals surface area contributed by atoms with E-state index >= 15 is 0 Å². The van der Waals surface area contributed by atoms with Crippen LogP contribution in [-0.2, 0) is 4.79 Å². The molecule has 0 N–H and O–H groups in total. The summed E-state index contributed by atoms with van der Waals surface area (Å²) in [5, 5.41) is 0.703. The summed E-state index contributed by atoms with van der Waals surface area (Å²) in [6.45, 7) is 7.02. The average molecular weight is 373 g/mol. The minimum Gasteiger partial charge on any atom is -0.481 e. The molecule has 1 fully saturated rings. The molecule has 26 heavy (non-hydrogen) atoms. The minimum atomic E-state index is -0.459. The maximum Gasteiger partial charge on any atom is 0.263 e. The van der Waals surface area contributed by atoms with Gasteiger partial charge in [-0.2, -0.15) is 0 Å². The largest absolute Gasteiger partial charge is 0.481 e. The first kappa shape index (κ1) is 18.6. The highest BCUT2D eigenvalue weighted by Crippen LogP contribution is 2.23. The van der Waals surface area contributed by atoms with Gasteiger partial charge in [0.1, 0.15) is 5.75 Å². The van der Waals surface area contributed by atoms with Crippen molar-refractivity contribution in [2.45, 2.75) is 26.4 Å². The lowest BCUT2D eigenvalue weighted by atomic mass is 10.2. The van der Waals surface area contributed by atoms with Crippen LogP contribution < -0.4 is 9.64 Å². The van der Waals surface area contributed by atoms with E-state index in [2.05, 4.69) is 17.0 Å². The molecule has 4 nitrogen and oxygen atoms in total. The zero-order valence-electron chi connectivity index (χ0n) is 15.3. The Labute approximate surface area is 160 Å². The van der Waals surface area contributed by atoms with Crippen molar-refractivity contribution in [3.8, 4) is 5.75 Å². The van der Waals surface area contributed by atoms with Crippen LogP contribution in [0.5, 0.6) is 5.75 Å². The number of carbonyl (C=O) groups is 1. The number of rotatable bonds is 5. The van der Waals surface area contributed by atoms with Gasteiger partial charge >= 0.3 is 0 Å². The summed E-state index contributed by atoms with van der Waals surface area (Å²) in [5.41, 5.74) is 2.16. The lowest BCUT2D eigenvalue weighted by molar-refractivity contribution is -0.139. The summed E-state index contributed by atoms with van der Waals surface area (Å²) < 4.78 is 5.96. The van der Waals surface area contributed by atoms with Crippen molar-refractivity contribution in [3.63, 3.8) is 0 Å². The van der Waals surface area contributed by atoms with Crippen molar-refractivity contribution in [3.05, 3.63) is 59.1 Å². The fraction of sp³-hybridized carbons (Fsp3) is 0.381. The summed E-state index contributed by atoms with van der Waals surface area (Å²) in [6, 6.07) is 15.8. The van der Waals surface area contributed by atoms with Gasteiger partial charge in [0.05, 0.1) is 0 Å². The standard InChI is InChI=1S/C21H25ClN2O2/c1-3-20(26-18-9-10-19(22)16(2)15-18)21(25)24-13-11-23(12-14-24)17-7-5-4-6-8-17/h4-10,15,20H,3,11-14H2,1-2H3/t20-/m1/s1. The molecule has 0 spiro atoms. The van der Waals surface area contributed by atoms with Crippen LogP contribution in [0.1, 0.15) is 18.9 Å². The number of nitrogens with zero attached hydrogens (tertiary/aromatic N) is 2. The van der Waals surface area contributed by atoms with Gasteiger partial charge in [0, 0.05) is 36.9 Å². The topological polar surface area (TPSA) is 32.8 Å². The first-order chi connectivity index (χ1) is 12.6. The molecule has 1 aliphatic rings. The van der Waals surface area contributed by atoms with Gasteiger partial charge in [0.15, 0.2) is 6.10 Å². The SMILES string of the molecule is CC[C@@H](Oc1ccc(Cl)c(C)c1)C(=O)N1CCN(c2ccccc2)CC1. The van der Waals surface area contributed by atoms with Gasteiger partial charge in [-0.3, -0.25) is 4.79 Å². The number of anilines is 1. The number of hydrogen-bond donors (Lipinski definition) is 0. The van der Waals surface area contributed by atoms with Crippen molar-refractivity contribution >= 4 is 23.2 Å². The molecule has 1 atom stereocenters. The first-order valence-corrected chi connectivity index (χ1v) is 9.48. The lowest BCUT2D eigenvalue weighted by Crippen LogP contribution is -2.52. The maximum absolute atomic E-state index is 12.9. The van der Waals surface area contributed by atoms with E-state index in [0.717, 1.165) is 18.7 Å². The van der Waals surface area contributed by atoms with Crippen molar-refractivity contribution < 1.29 is 9.53 Å². The molecule has 0 saturated carbocycles. The predicted octanol–water partition coefficient (Wildman–Crippen LogP) is 4.15. The summed E-state index contributed by atoms with van der Waals surface area (Å²) in [5.74, 6) is 0.753. The number of para-hydroxylation sites is 1. The third kappa shape index (κ3) is 4.31. The molecule has 2 aromatic carbocycles. The molecule has 5 heteroatoms. The van der Waals surface area contributed by atoms with Crippen LogP contribution in [0, 0.1) is 6.92 Å². The van der Waals surface area contributed by atoms with Crippen molar-refractivity contribution in [1.82, 2.24) is 4.90 Å². The van der Waals surface area contributed by atoms with Gasteiger partial charge in [-0.25, -0.2) is 0 Å². The normalized spacial score (nSPS) is 15.7. The Balaban J connectivity index is 1.60.